The van der Waals surface area contributed by atoms with Crippen LogP contribution < -0.4 is 4.74 Å². The van der Waals surface area contributed by atoms with Gasteiger partial charge in [0, 0.05) is 18.9 Å². The van der Waals surface area contributed by atoms with Crippen LogP contribution >= 0.6 is 0 Å². The molecule has 1 N–H and O–H groups in total. The number of benzene rings is 1. The van der Waals surface area contributed by atoms with E-state index in [0.717, 1.165) is 16.6 Å². The molecule has 1 fully saturated rings. The lowest BCUT2D eigenvalue weighted by Crippen LogP contribution is -2.41. The molecule has 0 saturated carbocycles. The second-order valence-electron chi connectivity index (χ2n) is 9.37. The van der Waals surface area contributed by atoms with E-state index >= 15 is 0 Å². The van der Waals surface area contributed by atoms with Gasteiger partial charge in [0.05, 0.1) is 17.8 Å². The maximum absolute atomic E-state index is 11.9. The summed E-state index contributed by atoms with van der Waals surface area (Å²) in [5.41, 5.74) is 1.54. The Morgan fingerprint density at radius 2 is 1.78 bits per heavy atom. The monoisotopic (exact) mass is 444 g/mol. The van der Waals surface area contributed by atoms with E-state index in [0.29, 0.717) is 12.2 Å². The molecular weight excluding hydrogens is 407 g/mol. The van der Waals surface area contributed by atoms with Crippen LogP contribution in [0.15, 0.2) is 48.0 Å². The minimum Gasteiger partial charge on any atom is -0.491 e. The predicted molar refractivity (Wildman–Crippen MR) is 126 cm³/mol. The number of esters is 1. The molecule has 176 valence electrons. The van der Waals surface area contributed by atoms with E-state index in [9.17, 15) is 4.79 Å². The third-order valence-electron chi connectivity index (χ3n) is 6.05. The summed E-state index contributed by atoms with van der Waals surface area (Å²) in [5, 5.41) is 9.14. The SMILES string of the molecule is C=C(/C(=C/C[C@@H](OC(C)=O)c1ccccc1OCCO)B1OC(C)(C)C(C)(C)O1)C(C)C. The van der Waals surface area contributed by atoms with Crippen LogP contribution in [0.2, 0.25) is 0 Å². The van der Waals surface area contributed by atoms with Crippen molar-refractivity contribution in [2.75, 3.05) is 13.2 Å². The van der Waals surface area contributed by atoms with E-state index in [1.165, 1.54) is 6.92 Å². The van der Waals surface area contributed by atoms with Crippen LogP contribution in [0.5, 0.6) is 5.75 Å². The Labute approximate surface area is 192 Å². The lowest BCUT2D eigenvalue weighted by atomic mass is 9.70. The van der Waals surface area contributed by atoms with Gasteiger partial charge in [0.15, 0.2) is 0 Å². The molecule has 0 aromatic heterocycles. The number of carbonyl (C=O) groups is 1. The number of hydrogen-bond donors (Lipinski definition) is 1. The van der Waals surface area contributed by atoms with E-state index in [2.05, 4.69) is 20.4 Å². The lowest BCUT2D eigenvalue weighted by molar-refractivity contribution is -0.146. The topological polar surface area (TPSA) is 74.2 Å². The van der Waals surface area contributed by atoms with Crippen molar-refractivity contribution in [3.8, 4) is 5.75 Å². The molecule has 0 bridgehead atoms. The Morgan fingerprint density at radius 3 is 2.31 bits per heavy atom. The molecule has 1 aliphatic heterocycles. The molecule has 0 aliphatic carbocycles. The third kappa shape index (κ3) is 6.24. The quantitative estimate of drug-likeness (QED) is 0.317. The number of aliphatic hydroxyl groups excluding tert-OH is 1. The lowest BCUT2D eigenvalue weighted by Gasteiger charge is -2.32. The smallest absolute Gasteiger partial charge is 0.491 e. The van der Waals surface area contributed by atoms with Crippen LogP contribution in [-0.2, 0) is 18.8 Å². The molecule has 2 rings (SSSR count). The highest BCUT2D eigenvalue weighted by Gasteiger charge is 2.52. The van der Waals surface area contributed by atoms with Crippen molar-refractivity contribution in [1.29, 1.82) is 0 Å². The molecule has 32 heavy (non-hydrogen) atoms. The molecule has 1 saturated heterocycles. The summed E-state index contributed by atoms with van der Waals surface area (Å²) in [6.07, 6.45) is 1.81. The minimum absolute atomic E-state index is 0.104. The molecule has 7 heteroatoms. The fraction of sp³-hybridized carbons (Fsp3) is 0.560. The first-order chi connectivity index (χ1) is 14.9. The van der Waals surface area contributed by atoms with E-state index < -0.39 is 24.4 Å². The Bertz CT molecular complexity index is 827. The van der Waals surface area contributed by atoms with Gasteiger partial charge in [-0.1, -0.05) is 50.3 Å². The van der Waals surface area contributed by atoms with Crippen LogP contribution in [-0.4, -0.2) is 42.6 Å². The average molecular weight is 444 g/mol. The summed E-state index contributed by atoms with van der Waals surface area (Å²) in [4.78, 5) is 11.9. The minimum atomic E-state index is -0.570. The number of aliphatic hydroxyl groups is 1. The number of rotatable bonds is 10. The first-order valence-corrected chi connectivity index (χ1v) is 11.1. The molecular formula is C25H37BO6. The van der Waals surface area contributed by atoms with Crippen LogP contribution in [0.4, 0.5) is 0 Å². The average Bonchev–Trinajstić information content (AvgIpc) is 2.92. The van der Waals surface area contributed by atoms with Gasteiger partial charge in [0.25, 0.3) is 0 Å². The van der Waals surface area contributed by atoms with Crippen LogP contribution in [0.1, 0.15) is 66.6 Å². The van der Waals surface area contributed by atoms with Gasteiger partial charge in [-0.25, -0.2) is 0 Å². The Kier molecular flexibility index (Phi) is 8.74. The van der Waals surface area contributed by atoms with Gasteiger partial charge in [0.1, 0.15) is 18.5 Å². The number of hydrogen-bond acceptors (Lipinski definition) is 6. The number of carbonyl (C=O) groups excluding carboxylic acids is 1. The van der Waals surface area contributed by atoms with E-state index in [-0.39, 0.29) is 25.1 Å². The standard InChI is InChI=1S/C25H37BO6/c1-17(2)18(3)21(26-31-24(5,6)25(7,8)32-26)13-14-23(30-19(4)28)20-11-9-10-12-22(20)29-16-15-27/h9-13,17,23,27H,3,14-16H2,1-2,4-8H3/b21-13-/t23-/m1/s1. The van der Waals surface area contributed by atoms with Gasteiger partial charge in [-0.15, -0.1) is 0 Å². The van der Waals surface area contributed by atoms with Crippen molar-refractivity contribution >= 4 is 13.1 Å². The van der Waals surface area contributed by atoms with Gasteiger partial charge in [0.2, 0.25) is 0 Å². The first-order valence-electron chi connectivity index (χ1n) is 11.1. The fourth-order valence-electron chi connectivity index (χ4n) is 3.39. The highest BCUT2D eigenvalue weighted by Crippen LogP contribution is 2.41. The second kappa shape index (κ2) is 10.7. The molecule has 1 aromatic rings. The Balaban J connectivity index is 2.40. The number of ether oxygens (including phenoxy) is 2. The van der Waals surface area contributed by atoms with Gasteiger partial charge >= 0.3 is 13.1 Å². The van der Waals surface area contributed by atoms with Gasteiger partial charge in [-0.05, 0) is 45.2 Å². The number of para-hydroxylation sites is 1. The molecule has 0 unspecified atom stereocenters. The van der Waals surface area contributed by atoms with Gasteiger partial charge < -0.3 is 23.9 Å². The van der Waals surface area contributed by atoms with Crippen LogP contribution in [0.3, 0.4) is 0 Å². The molecule has 1 aromatic carbocycles. The highest BCUT2D eigenvalue weighted by atomic mass is 16.7. The summed E-state index contributed by atoms with van der Waals surface area (Å²) in [6.45, 7) is 17.9. The van der Waals surface area contributed by atoms with Crippen molar-refractivity contribution in [3.63, 3.8) is 0 Å². The highest BCUT2D eigenvalue weighted by molar-refractivity contribution is 6.56. The Hall–Kier alpha value is -2.09. The zero-order chi connectivity index (χ0) is 24.1. The van der Waals surface area contributed by atoms with Gasteiger partial charge in [-0.3, -0.25) is 4.79 Å². The zero-order valence-corrected chi connectivity index (χ0v) is 20.4. The second-order valence-corrected chi connectivity index (χ2v) is 9.37. The summed E-state index contributed by atoms with van der Waals surface area (Å²) in [7, 11) is -0.561. The largest absolute Gasteiger partial charge is 0.494 e. The van der Waals surface area contributed by atoms with E-state index in [1.54, 1.807) is 6.07 Å². The van der Waals surface area contributed by atoms with Crippen LogP contribution in [0.25, 0.3) is 0 Å². The summed E-state index contributed by atoms with van der Waals surface area (Å²) >= 11 is 0. The van der Waals surface area contributed by atoms with Crippen molar-refractivity contribution < 1.29 is 28.7 Å². The maximum atomic E-state index is 11.9. The molecule has 6 nitrogen and oxygen atoms in total. The molecule has 0 amide bonds. The van der Waals surface area contributed by atoms with Crippen molar-refractivity contribution in [3.05, 3.63) is 53.5 Å². The zero-order valence-electron chi connectivity index (χ0n) is 20.4. The first kappa shape index (κ1) is 26.2. The van der Waals surface area contributed by atoms with Crippen LogP contribution in [0, 0.1) is 5.92 Å². The maximum Gasteiger partial charge on any atom is 0.494 e. The van der Waals surface area contributed by atoms with Gasteiger partial charge in [-0.2, -0.15) is 0 Å². The Morgan fingerprint density at radius 1 is 1.19 bits per heavy atom. The molecule has 1 aliphatic rings. The molecule has 1 heterocycles. The summed E-state index contributed by atoms with van der Waals surface area (Å²) in [6, 6.07) is 7.37. The summed E-state index contributed by atoms with van der Waals surface area (Å²) < 4.78 is 23.9. The molecule has 0 radical (unpaired) electrons. The molecule has 0 spiro atoms. The normalized spacial score (nSPS) is 18.5. The third-order valence-corrected chi connectivity index (χ3v) is 6.05. The van der Waals surface area contributed by atoms with Crippen molar-refractivity contribution in [2.24, 2.45) is 5.92 Å². The fourth-order valence-corrected chi connectivity index (χ4v) is 3.39. The summed E-state index contributed by atoms with van der Waals surface area (Å²) in [5.74, 6) is 0.369. The predicted octanol–water partition coefficient (Wildman–Crippen LogP) is 4.82. The number of allylic oxidation sites excluding steroid dienone is 2. The van der Waals surface area contributed by atoms with Crippen molar-refractivity contribution in [2.45, 2.75) is 72.2 Å². The van der Waals surface area contributed by atoms with E-state index in [4.69, 9.17) is 23.9 Å². The van der Waals surface area contributed by atoms with Crippen molar-refractivity contribution in [1.82, 2.24) is 0 Å². The van der Waals surface area contributed by atoms with E-state index in [1.807, 2.05) is 52.0 Å². The molecule has 1 atom stereocenters.